The summed E-state index contributed by atoms with van der Waals surface area (Å²) in [4.78, 5) is 25.9. The second-order valence-electron chi connectivity index (χ2n) is 7.37. The lowest BCUT2D eigenvalue weighted by Crippen LogP contribution is -2.48. The molecule has 1 N–H and O–H groups in total. The quantitative estimate of drug-likeness (QED) is 0.482. The minimum absolute atomic E-state index is 0.0483. The molecule has 1 aliphatic heterocycles. The van der Waals surface area contributed by atoms with Gasteiger partial charge in [0.15, 0.2) is 5.78 Å². The van der Waals surface area contributed by atoms with Crippen molar-refractivity contribution in [2.24, 2.45) is 17.3 Å². The molecule has 1 saturated heterocycles. The van der Waals surface area contributed by atoms with Gasteiger partial charge in [0.1, 0.15) is 11.0 Å². The number of rotatable bonds is 2. The van der Waals surface area contributed by atoms with Crippen molar-refractivity contribution in [3.63, 3.8) is 0 Å². The fourth-order valence-electron chi connectivity index (χ4n) is 4.60. The monoisotopic (exact) mass is 305 g/mol. The lowest BCUT2D eigenvalue weighted by molar-refractivity contribution is -0.181. The molecule has 2 atom stereocenters. The summed E-state index contributed by atoms with van der Waals surface area (Å²) >= 11 is 0. The Morgan fingerprint density at radius 2 is 1.82 bits per heavy atom. The predicted molar refractivity (Wildman–Crippen MR) is 83.2 cm³/mol. The molecule has 2 aliphatic carbocycles. The third-order valence-corrected chi connectivity index (χ3v) is 6.41. The van der Waals surface area contributed by atoms with Crippen molar-refractivity contribution in [1.82, 2.24) is 5.06 Å². The molecule has 0 aromatic rings. The van der Waals surface area contributed by atoms with E-state index in [1.807, 2.05) is 12.2 Å². The van der Waals surface area contributed by atoms with Crippen LogP contribution in [0.25, 0.3) is 0 Å². The van der Waals surface area contributed by atoms with Crippen LogP contribution in [-0.2, 0) is 9.59 Å². The van der Waals surface area contributed by atoms with E-state index in [-0.39, 0.29) is 11.7 Å². The van der Waals surface area contributed by atoms with E-state index in [0.29, 0.717) is 31.1 Å². The van der Waals surface area contributed by atoms with Crippen molar-refractivity contribution in [2.45, 2.75) is 70.8 Å². The van der Waals surface area contributed by atoms with Crippen LogP contribution >= 0.6 is 0 Å². The van der Waals surface area contributed by atoms with Crippen LogP contribution in [0.5, 0.6) is 0 Å². The number of nitrogens with zero attached hydrogens (tertiary/aromatic N) is 1. The number of ketones is 1. The topological polar surface area (TPSA) is 57.6 Å². The average molecular weight is 305 g/mol. The average Bonchev–Trinajstić information content (AvgIpc) is 2.71. The molecular weight excluding hydrogens is 278 g/mol. The standard InChI is InChI=1S/C18H27NO3/c1-3-13-5-9-17(10-6-13)15(20)18(19(22)16(17)21)11-7-14(4-2)8-12-18/h7,11,13-14,22H,3-6,8-10,12H2,1-2H3. The lowest BCUT2D eigenvalue weighted by atomic mass is 9.64. The van der Waals surface area contributed by atoms with E-state index in [1.54, 1.807) is 0 Å². The maximum absolute atomic E-state index is 13.2. The van der Waals surface area contributed by atoms with E-state index in [2.05, 4.69) is 13.8 Å². The summed E-state index contributed by atoms with van der Waals surface area (Å²) < 4.78 is 0. The predicted octanol–water partition coefficient (Wildman–Crippen LogP) is 3.49. The fraction of sp³-hybridized carbons (Fsp3) is 0.778. The van der Waals surface area contributed by atoms with E-state index >= 15 is 0 Å². The van der Waals surface area contributed by atoms with Crippen LogP contribution in [0.3, 0.4) is 0 Å². The zero-order valence-electron chi connectivity index (χ0n) is 13.7. The molecule has 1 amide bonds. The third-order valence-electron chi connectivity index (χ3n) is 6.41. The summed E-state index contributed by atoms with van der Waals surface area (Å²) in [5.74, 6) is 0.662. The number of hydrogen-bond acceptors (Lipinski definition) is 3. The fourth-order valence-corrected chi connectivity index (χ4v) is 4.60. The van der Waals surface area contributed by atoms with E-state index in [1.165, 1.54) is 0 Å². The minimum atomic E-state index is -1.08. The Kier molecular flexibility index (Phi) is 3.92. The van der Waals surface area contributed by atoms with Crippen LogP contribution in [0.4, 0.5) is 0 Å². The molecule has 0 aromatic carbocycles. The Balaban J connectivity index is 1.91. The highest BCUT2D eigenvalue weighted by molar-refractivity contribution is 6.17. The van der Waals surface area contributed by atoms with E-state index in [0.717, 1.165) is 37.2 Å². The first kappa shape index (κ1) is 15.7. The van der Waals surface area contributed by atoms with Crippen LogP contribution in [0.1, 0.15) is 65.2 Å². The molecule has 22 heavy (non-hydrogen) atoms. The second-order valence-corrected chi connectivity index (χ2v) is 7.37. The molecule has 4 heteroatoms. The molecular formula is C18H27NO3. The van der Waals surface area contributed by atoms with Gasteiger partial charge in [-0.15, -0.1) is 0 Å². The summed E-state index contributed by atoms with van der Waals surface area (Å²) in [7, 11) is 0. The van der Waals surface area contributed by atoms with Gasteiger partial charge in [-0.3, -0.25) is 14.8 Å². The molecule has 122 valence electrons. The van der Waals surface area contributed by atoms with Crippen LogP contribution in [0.15, 0.2) is 12.2 Å². The van der Waals surface area contributed by atoms with Gasteiger partial charge in [0.05, 0.1) is 0 Å². The number of allylic oxidation sites excluding steroid dienone is 1. The Labute approximate surface area is 132 Å². The molecule has 3 aliphatic rings. The van der Waals surface area contributed by atoms with Crippen molar-refractivity contribution >= 4 is 11.7 Å². The highest BCUT2D eigenvalue weighted by Crippen LogP contribution is 2.52. The maximum atomic E-state index is 13.2. The number of hydrogen-bond donors (Lipinski definition) is 1. The smallest absolute Gasteiger partial charge is 0.260 e. The molecule has 2 fully saturated rings. The Morgan fingerprint density at radius 3 is 2.32 bits per heavy atom. The van der Waals surface area contributed by atoms with Crippen molar-refractivity contribution in [3.8, 4) is 0 Å². The number of carbonyl (C=O) groups excluding carboxylic acids is 2. The van der Waals surface area contributed by atoms with Crippen LogP contribution in [-0.4, -0.2) is 27.5 Å². The maximum Gasteiger partial charge on any atom is 0.260 e. The van der Waals surface area contributed by atoms with Gasteiger partial charge in [0.25, 0.3) is 5.91 Å². The minimum Gasteiger partial charge on any atom is -0.295 e. The first-order chi connectivity index (χ1) is 10.5. The summed E-state index contributed by atoms with van der Waals surface area (Å²) in [6, 6.07) is 0. The molecule has 0 aromatic heterocycles. The summed E-state index contributed by atoms with van der Waals surface area (Å²) in [5, 5.41) is 11.2. The largest absolute Gasteiger partial charge is 0.295 e. The SMILES string of the molecule is CCC1C=CC2(CC1)C(=O)C1(CCC(CC)CC1)C(=O)N2O. The van der Waals surface area contributed by atoms with Gasteiger partial charge in [-0.25, -0.2) is 5.06 Å². The van der Waals surface area contributed by atoms with Crippen molar-refractivity contribution in [3.05, 3.63) is 12.2 Å². The van der Waals surface area contributed by atoms with Crippen molar-refractivity contribution in [1.29, 1.82) is 0 Å². The Hall–Kier alpha value is -1.16. The molecule has 1 saturated carbocycles. The van der Waals surface area contributed by atoms with Gasteiger partial charge in [-0.05, 0) is 56.8 Å². The Bertz CT molecular complexity index is 504. The number of carbonyl (C=O) groups is 2. The molecule has 0 radical (unpaired) electrons. The molecule has 0 bridgehead atoms. The number of amides is 1. The number of Topliss-reactive ketones (excluding diaryl/α,β-unsaturated/α-hetero) is 1. The van der Waals surface area contributed by atoms with Gasteiger partial charge < -0.3 is 0 Å². The molecule has 1 heterocycles. The summed E-state index contributed by atoms with van der Waals surface area (Å²) in [6.07, 6.45) is 10.4. The normalized spacial score (nSPS) is 41.9. The molecule has 2 spiro atoms. The van der Waals surface area contributed by atoms with Gasteiger partial charge in [0.2, 0.25) is 0 Å². The second kappa shape index (κ2) is 5.48. The van der Waals surface area contributed by atoms with Gasteiger partial charge >= 0.3 is 0 Å². The van der Waals surface area contributed by atoms with Gasteiger partial charge in [-0.2, -0.15) is 0 Å². The number of hydroxylamine groups is 2. The zero-order valence-corrected chi connectivity index (χ0v) is 13.7. The highest BCUT2D eigenvalue weighted by Gasteiger charge is 2.66. The van der Waals surface area contributed by atoms with E-state index in [4.69, 9.17) is 0 Å². The van der Waals surface area contributed by atoms with Crippen molar-refractivity contribution in [2.75, 3.05) is 0 Å². The van der Waals surface area contributed by atoms with E-state index in [9.17, 15) is 14.8 Å². The summed E-state index contributed by atoms with van der Waals surface area (Å²) in [5.41, 5.74) is -2.04. The highest BCUT2D eigenvalue weighted by atomic mass is 16.5. The first-order valence-electron chi connectivity index (χ1n) is 8.78. The first-order valence-corrected chi connectivity index (χ1v) is 8.78. The summed E-state index contributed by atoms with van der Waals surface area (Å²) in [6.45, 7) is 4.29. The Morgan fingerprint density at radius 1 is 1.14 bits per heavy atom. The molecule has 2 unspecified atom stereocenters. The van der Waals surface area contributed by atoms with Crippen LogP contribution < -0.4 is 0 Å². The lowest BCUT2D eigenvalue weighted by Gasteiger charge is -2.36. The van der Waals surface area contributed by atoms with Gasteiger partial charge in [0, 0.05) is 0 Å². The third kappa shape index (κ3) is 1.99. The molecule has 4 nitrogen and oxygen atoms in total. The van der Waals surface area contributed by atoms with E-state index < -0.39 is 11.0 Å². The molecule has 3 rings (SSSR count). The zero-order chi connectivity index (χ0) is 16.0. The van der Waals surface area contributed by atoms with Crippen LogP contribution in [0, 0.1) is 17.3 Å². The van der Waals surface area contributed by atoms with Crippen LogP contribution in [0.2, 0.25) is 0 Å². The van der Waals surface area contributed by atoms with Crippen molar-refractivity contribution < 1.29 is 14.8 Å². The van der Waals surface area contributed by atoms with Gasteiger partial charge in [-0.1, -0.05) is 32.4 Å².